The predicted octanol–water partition coefficient (Wildman–Crippen LogP) is 3.74. The van der Waals surface area contributed by atoms with Crippen molar-refractivity contribution in [2.45, 2.75) is 19.4 Å². The summed E-state index contributed by atoms with van der Waals surface area (Å²) in [5, 5.41) is 3.67. The van der Waals surface area contributed by atoms with Crippen LogP contribution in [0.15, 0.2) is 18.2 Å². The Bertz CT molecular complexity index is 381. The van der Waals surface area contributed by atoms with E-state index < -0.39 is 0 Å². The molecule has 5 heteroatoms. The highest BCUT2D eigenvalue weighted by atomic mass is 35.5. The maximum absolute atomic E-state index is 11.8. The number of halogens is 3. The van der Waals surface area contributed by atoms with Crippen LogP contribution in [0.1, 0.15) is 23.7 Å². The summed E-state index contributed by atoms with van der Waals surface area (Å²) in [5.41, 5.74) is 0.424. The van der Waals surface area contributed by atoms with E-state index in [1.807, 2.05) is 6.92 Å². The van der Waals surface area contributed by atoms with Crippen molar-refractivity contribution in [2.75, 3.05) is 5.88 Å². The Kier molecular flexibility index (Phi) is 5.39. The number of hydrogen-bond acceptors (Lipinski definition) is 1. The number of carbonyl (C=O) groups is 1. The summed E-state index contributed by atoms with van der Waals surface area (Å²) < 4.78 is 0. The topological polar surface area (TPSA) is 29.1 Å². The Morgan fingerprint density at radius 2 is 2.12 bits per heavy atom. The minimum Gasteiger partial charge on any atom is -0.349 e. The van der Waals surface area contributed by atoms with Gasteiger partial charge in [0.15, 0.2) is 0 Å². The molecule has 16 heavy (non-hydrogen) atoms. The highest BCUT2D eigenvalue weighted by Crippen LogP contribution is 2.20. The molecule has 0 fully saturated rings. The fourth-order valence-electron chi connectivity index (χ4n) is 1.21. The van der Waals surface area contributed by atoms with E-state index in [9.17, 15) is 4.79 Å². The number of nitrogens with one attached hydrogen (secondary N) is 1. The lowest BCUT2D eigenvalue weighted by molar-refractivity contribution is 0.0939. The van der Waals surface area contributed by atoms with Crippen molar-refractivity contribution in [1.29, 1.82) is 0 Å². The maximum Gasteiger partial charge on any atom is 0.253 e. The van der Waals surface area contributed by atoms with Gasteiger partial charge in [0.1, 0.15) is 0 Å². The maximum atomic E-state index is 11.8. The quantitative estimate of drug-likeness (QED) is 0.836. The van der Waals surface area contributed by atoms with Gasteiger partial charge in [-0.05, 0) is 31.5 Å². The third-order valence-electron chi connectivity index (χ3n) is 2.10. The number of amides is 1. The van der Waals surface area contributed by atoms with Crippen molar-refractivity contribution >= 4 is 40.7 Å². The Hall–Kier alpha value is -0.440. The normalized spacial score (nSPS) is 12.2. The van der Waals surface area contributed by atoms with Gasteiger partial charge in [0.2, 0.25) is 0 Å². The summed E-state index contributed by atoms with van der Waals surface area (Å²) in [6, 6.07) is 4.81. The van der Waals surface area contributed by atoms with Crippen LogP contribution < -0.4 is 5.32 Å². The van der Waals surface area contributed by atoms with E-state index in [2.05, 4.69) is 5.32 Å². The molecule has 88 valence electrons. The molecule has 1 unspecified atom stereocenters. The molecule has 1 rings (SSSR count). The summed E-state index contributed by atoms with van der Waals surface area (Å²) >= 11 is 17.2. The summed E-state index contributed by atoms with van der Waals surface area (Å²) in [4.78, 5) is 11.8. The number of carbonyl (C=O) groups excluding carboxylic acids is 1. The third-order valence-corrected chi connectivity index (χ3v) is 2.86. The van der Waals surface area contributed by atoms with Crippen molar-refractivity contribution < 1.29 is 4.79 Å². The Morgan fingerprint density at radius 3 is 2.69 bits per heavy atom. The van der Waals surface area contributed by atoms with Gasteiger partial charge in [-0.2, -0.15) is 0 Å². The average molecular weight is 281 g/mol. The standard InChI is InChI=1S/C11H12Cl3NO/c1-7(4-5-12)15-11(16)9-3-2-8(13)6-10(9)14/h2-3,6-7H,4-5H2,1H3,(H,15,16). The van der Waals surface area contributed by atoms with Gasteiger partial charge in [-0.15, -0.1) is 11.6 Å². The lowest BCUT2D eigenvalue weighted by atomic mass is 10.2. The first-order valence-electron chi connectivity index (χ1n) is 4.86. The van der Waals surface area contributed by atoms with Crippen LogP contribution in [0, 0.1) is 0 Å². The van der Waals surface area contributed by atoms with E-state index in [0.717, 1.165) is 6.42 Å². The molecule has 1 amide bonds. The Balaban J connectivity index is 2.73. The van der Waals surface area contributed by atoms with Crippen LogP contribution in [0.4, 0.5) is 0 Å². The van der Waals surface area contributed by atoms with E-state index >= 15 is 0 Å². The van der Waals surface area contributed by atoms with Gasteiger partial charge in [0.25, 0.3) is 5.91 Å². The second kappa shape index (κ2) is 6.33. The molecule has 0 saturated heterocycles. The second-order valence-corrected chi connectivity index (χ2v) is 4.70. The van der Waals surface area contributed by atoms with Crippen molar-refractivity contribution in [3.8, 4) is 0 Å². The Morgan fingerprint density at radius 1 is 1.44 bits per heavy atom. The zero-order valence-corrected chi connectivity index (χ0v) is 11.0. The van der Waals surface area contributed by atoms with E-state index in [0.29, 0.717) is 21.5 Å². The van der Waals surface area contributed by atoms with Crippen molar-refractivity contribution in [2.24, 2.45) is 0 Å². The van der Waals surface area contributed by atoms with Crippen LogP contribution in [-0.4, -0.2) is 17.8 Å². The first-order chi connectivity index (χ1) is 7.54. The zero-order valence-electron chi connectivity index (χ0n) is 8.77. The molecule has 1 N–H and O–H groups in total. The number of rotatable bonds is 4. The van der Waals surface area contributed by atoms with Gasteiger partial charge in [0.05, 0.1) is 10.6 Å². The molecule has 0 aromatic heterocycles. The van der Waals surface area contributed by atoms with E-state index in [-0.39, 0.29) is 11.9 Å². The summed E-state index contributed by atoms with van der Waals surface area (Å²) in [5.74, 6) is 0.301. The summed E-state index contributed by atoms with van der Waals surface area (Å²) in [6.07, 6.45) is 0.721. The fraction of sp³-hybridized carbons (Fsp3) is 0.364. The zero-order chi connectivity index (χ0) is 12.1. The van der Waals surface area contributed by atoms with Crippen LogP contribution in [0.5, 0.6) is 0 Å². The van der Waals surface area contributed by atoms with Gasteiger partial charge in [0, 0.05) is 16.9 Å². The van der Waals surface area contributed by atoms with Crippen LogP contribution >= 0.6 is 34.8 Å². The predicted molar refractivity (Wildman–Crippen MR) is 68.7 cm³/mol. The molecule has 1 aromatic carbocycles. The molecular formula is C11H12Cl3NO. The number of alkyl halides is 1. The van der Waals surface area contributed by atoms with Gasteiger partial charge in [-0.1, -0.05) is 23.2 Å². The molecular weight excluding hydrogens is 268 g/mol. The van der Waals surface area contributed by atoms with Crippen LogP contribution in [0.25, 0.3) is 0 Å². The highest BCUT2D eigenvalue weighted by molar-refractivity contribution is 6.36. The van der Waals surface area contributed by atoms with Gasteiger partial charge >= 0.3 is 0 Å². The lowest BCUT2D eigenvalue weighted by Gasteiger charge is -2.13. The molecule has 0 heterocycles. The van der Waals surface area contributed by atoms with Crippen LogP contribution in [-0.2, 0) is 0 Å². The Labute approximate surface area is 110 Å². The lowest BCUT2D eigenvalue weighted by Crippen LogP contribution is -2.32. The molecule has 0 aliphatic rings. The van der Waals surface area contributed by atoms with Crippen molar-refractivity contribution in [3.05, 3.63) is 33.8 Å². The molecule has 0 saturated carbocycles. The molecule has 1 aromatic rings. The molecule has 0 spiro atoms. The SMILES string of the molecule is CC(CCCl)NC(=O)c1ccc(Cl)cc1Cl. The van der Waals surface area contributed by atoms with Gasteiger partial charge in [-0.3, -0.25) is 4.79 Å². The highest BCUT2D eigenvalue weighted by Gasteiger charge is 2.12. The fourth-order valence-corrected chi connectivity index (χ4v) is 2.03. The summed E-state index contributed by atoms with van der Waals surface area (Å²) in [6.45, 7) is 1.89. The molecule has 0 bridgehead atoms. The van der Waals surface area contributed by atoms with E-state index in [1.165, 1.54) is 0 Å². The average Bonchev–Trinajstić information content (AvgIpc) is 2.17. The monoisotopic (exact) mass is 279 g/mol. The van der Waals surface area contributed by atoms with Crippen LogP contribution in [0.3, 0.4) is 0 Å². The van der Waals surface area contributed by atoms with E-state index in [1.54, 1.807) is 18.2 Å². The smallest absolute Gasteiger partial charge is 0.253 e. The molecule has 0 radical (unpaired) electrons. The van der Waals surface area contributed by atoms with E-state index in [4.69, 9.17) is 34.8 Å². The largest absolute Gasteiger partial charge is 0.349 e. The van der Waals surface area contributed by atoms with Gasteiger partial charge < -0.3 is 5.32 Å². The molecule has 0 aliphatic heterocycles. The summed E-state index contributed by atoms with van der Waals surface area (Å²) in [7, 11) is 0. The third kappa shape index (κ3) is 3.85. The minimum atomic E-state index is -0.209. The first-order valence-corrected chi connectivity index (χ1v) is 6.15. The number of benzene rings is 1. The molecule has 2 nitrogen and oxygen atoms in total. The molecule has 0 aliphatic carbocycles. The molecule has 1 atom stereocenters. The second-order valence-electron chi connectivity index (χ2n) is 3.48. The van der Waals surface area contributed by atoms with Gasteiger partial charge in [-0.25, -0.2) is 0 Å². The van der Waals surface area contributed by atoms with Crippen LogP contribution in [0.2, 0.25) is 10.0 Å². The number of hydrogen-bond donors (Lipinski definition) is 1. The minimum absolute atomic E-state index is 0.0248. The van der Waals surface area contributed by atoms with Crippen molar-refractivity contribution in [3.63, 3.8) is 0 Å². The first kappa shape index (κ1) is 13.6. The van der Waals surface area contributed by atoms with Crippen molar-refractivity contribution in [1.82, 2.24) is 5.32 Å².